The van der Waals surface area contributed by atoms with E-state index >= 15 is 0 Å². The van der Waals surface area contributed by atoms with Gasteiger partial charge >= 0.3 is 5.97 Å². The molecular formula is C23H26N4O4. The Kier molecular flexibility index (Phi) is 7.48. The van der Waals surface area contributed by atoms with E-state index in [1.165, 1.54) is 0 Å². The molecule has 0 atom stereocenters. The molecule has 3 rings (SSSR count). The fourth-order valence-corrected chi connectivity index (χ4v) is 3.13. The van der Waals surface area contributed by atoms with Crippen LogP contribution in [0.5, 0.6) is 0 Å². The zero-order valence-corrected chi connectivity index (χ0v) is 17.8. The highest BCUT2D eigenvalue weighted by Gasteiger charge is 2.14. The monoisotopic (exact) mass is 422 g/mol. The lowest BCUT2D eigenvalue weighted by atomic mass is 10.1. The lowest BCUT2D eigenvalue weighted by molar-refractivity contribution is -0.116. The molecule has 1 heterocycles. The molecule has 0 unspecified atom stereocenters. The third-order valence-corrected chi connectivity index (χ3v) is 4.88. The van der Waals surface area contributed by atoms with Crippen LogP contribution in [0.4, 0.5) is 5.69 Å². The van der Waals surface area contributed by atoms with E-state index in [1.807, 2.05) is 6.92 Å². The number of nitrogens with zero attached hydrogens (tertiary/aromatic N) is 3. The molecule has 3 aromatic rings. The Morgan fingerprint density at radius 3 is 2.45 bits per heavy atom. The van der Waals surface area contributed by atoms with Gasteiger partial charge in [0.15, 0.2) is 12.4 Å². The second kappa shape index (κ2) is 10.5. The van der Waals surface area contributed by atoms with Gasteiger partial charge in [0, 0.05) is 24.2 Å². The lowest BCUT2D eigenvalue weighted by Gasteiger charge is -2.07. The summed E-state index contributed by atoms with van der Waals surface area (Å²) in [5, 5.41) is 10.8. The Morgan fingerprint density at radius 1 is 1.00 bits per heavy atom. The van der Waals surface area contributed by atoms with E-state index in [2.05, 4.69) is 22.6 Å². The molecule has 1 aromatic heterocycles. The summed E-state index contributed by atoms with van der Waals surface area (Å²) >= 11 is 0. The molecule has 2 aromatic carbocycles. The van der Waals surface area contributed by atoms with Crippen molar-refractivity contribution in [2.24, 2.45) is 0 Å². The molecule has 8 heteroatoms. The van der Waals surface area contributed by atoms with Crippen molar-refractivity contribution in [3.8, 4) is 0 Å². The fourth-order valence-electron chi connectivity index (χ4n) is 3.13. The highest BCUT2D eigenvalue weighted by Crippen LogP contribution is 2.15. The fraction of sp³-hybridized carbons (Fsp3) is 0.348. The van der Waals surface area contributed by atoms with Crippen LogP contribution >= 0.6 is 0 Å². The molecular weight excluding hydrogens is 396 g/mol. The van der Waals surface area contributed by atoms with Gasteiger partial charge in [-0.25, -0.2) is 9.48 Å². The van der Waals surface area contributed by atoms with Gasteiger partial charge < -0.3 is 10.1 Å². The molecule has 162 valence electrons. The number of hydrogen-bond acceptors (Lipinski definition) is 6. The lowest BCUT2D eigenvalue weighted by Crippen LogP contribution is -2.15. The van der Waals surface area contributed by atoms with Crippen molar-refractivity contribution < 1.29 is 19.1 Å². The summed E-state index contributed by atoms with van der Waals surface area (Å²) in [6.07, 6.45) is 3.41. The van der Waals surface area contributed by atoms with Crippen LogP contribution in [0.3, 0.4) is 0 Å². The van der Waals surface area contributed by atoms with Gasteiger partial charge in [-0.15, -0.1) is 5.10 Å². The Bertz CT molecular complexity index is 1070. The highest BCUT2D eigenvalue weighted by molar-refractivity contribution is 6.00. The van der Waals surface area contributed by atoms with E-state index in [0.29, 0.717) is 35.3 Å². The number of anilines is 1. The number of aromatic nitrogens is 3. The largest absolute Gasteiger partial charge is 0.454 e. The van der Waals surface area contributed by atoms with Gasteiger partial charge in [-0.2, -0.15) is 0 Å². The number of amides is 1. The van der Waals surface area contributed by atoms with Gasteiger partial charge in [0.25, 0.3) is 0 Å². The van der Waals surface area contributed by atoms with Gasteiger partial charge in [-0.05, 0) is 55.8 Å². The molecule has 1 N–H and O–H groups in total. The van der Waals surface area contributed by atoms with E-state index in [-0.39, 0.29) is 18.3 Å². The molecule has 0 saturated heterocycles. The molecule has 0 spiro atoms. The molecule has 0 saturated carbocycles. The quantitative estimate of drug-likeness (QED) is 0.301. The van der Waals surface area contributed by atoms with Crippen LogP contribution < -0.4 is 5.32 Å². The molecule has 0 fully saturated rings. The summed E-state index contributed by atoms with van der Waals surface area (Å²) in [5.74, 6) is -0.971. The molecule has 0 radical (unpaired) electrons. The molecule has 0 aliphatic carbocycles. The molecule has 1 amide bonds. The molecule has 31 heavy (non-hydrogen) atoms. The first-order valence-corrected chi connectivity index (χ1v) is 10.4. The first-order valence-electron chi connectivity index (χ1n) is 10.4. The third-order valence-electron chi connectivity index (χ3n) is 4.88. The molecule has 0 bridgehead atoms. The Morgan fingerprint density at radius 2 is 1.74 bits per heavy atom. The van der Waals surface area contributed by atoms with Gasteiger partial charge in [-0.1, -0.05) is 25.0 Å². The average molecular weight is 422 g/mol. The van der Waals surface area contributed by atoms with Crippen molar-refractivity contribution in [2.75, 3.05) is 11.9 Å². The average Bonchev–Trinajstić information content (AvgIpc) is 3.20. The molecule has 0 aliphatic heterocycles. The zero-order valence-electron chi connectivity index (χ0n) is 17.8. The number of hydrogen-bond donors (Lipinski definition) is 1. The van der Waals surface area contributed by atoms with E-state index in [9.17, 15) is 14.4 Å². The summed E-state index contributed by atoms with van der Waals surface area (Å²) in [6, 6.07) is 11.5. The van der Waals surface area contributed by atoms with Gasteiger partial charge in [0.1, 0.15) is 5.52 Å². The van der Waals surface area contributed by atoms with Gasteiger partial charge in [0.05, 0.1) is 11.1 Å². The Hall–Kier alpha value is -3.55. The number of unbranched alkanes of at least 4 members (excludes halogenated alkanes) is 2. The number of carbonyl (C=O) groups excluding carboxylic acids is 3. The first-order chi connectivity index (χ1) is 15.0. The number of aryl methyl sites for hydroxylation is 1. The van der Waals surface area contributed by atoms with Crippen LogP contribution in [0.25, 0.3) is 11.0 Å². The van der Waals surface area contributed by atoms with Crippen molar-refractivity contribution in [3.63, 3.8) is 0 Å². The summed E-state index contributed by atoms with van der Waals surface area (Å²) in [7, 11) is 0. The topological polar surface area (TPSA) is 103 Å². The maximum Gasteiger partial charge on any atom is 0.338 e. The maximum atomic E-state index is 12.4. The number of nitrogens with one attached hydrogen (secondary N) is 1. The number of ketones is 1. The minimum absolute atomic E-state index is 0.0441. The number of rotatable bonds is 10. The van der Waals surface area contributed by atoms with E-state index in [1.54, 1.807) is 47.1 Å². The minimum atomic E-state index is -0.600. The predicted molar refractivity (Wildman–Crippen MR) is 117 cm³/mol. The van der Waals surface area contributed by atoms with E-state index < -0.39 is 5.97 Å². The third kappa shape index (κ3) is 5.75. The number of benzene rings is 2. The number of ether oxygens (including phenoxy) is 1. The van der Waals surface area contributed by atoms with Crippen molar-refractivity contribution in [1.29, 1.82) is 0 Å². The van der Waals surface area contributed by atoms with Crippen molar-refractivity contribution in [3.05, 3.63) is 53.6 Å². The van der Waals surface area contributed by atoms with Crippen LogP contribution in [0.2, 0.25) is 0 Å². The van der Waals surface area contributed by atoms with E-state index in [4.69, 9.17) is 4.74 Å². The van der Waals surface area contributed by atoms with Gasteiger partial charge in [0.2, 0.25) is 5.91 Å². The number of carbonyl (C=O) groups is 3. The van der Waals surface area contributed by atoms with Crippen molar-refractivity contribution in [1.82, 2.24) is 15.0 Å². The maximum absolute atomic E-state index is 12.4. The predicted octanol–water partition coefficient (Wildman–Crippen LogP) is 4.01. The summed E-state index contributed by atoms with van der Waals surface area (Å²) in [4.78, 5) is 36.5. The minimum Gasteiger partial charge on any atom is -0.454 e. The first kappa shape index (κ1) is 22.1. The second-order valence-electron chi connectivity index (χ2n) is 7.19. The SMILES string of the molecule is CCCCCC(=O)Nc1ccc(C(=O)COC(=O)c2ccc3c(c2)nnn3CC)cc1. The van der Waals surface area contributed by atoms with Crippen LogP contribution in [-0.2, 0) is 16.1 Å². The standard InChI is InChI=1S/C23H26N4O4/c1-3-5-6-7-22(29)24-18-11-8-16(9-12-18)21(28)15-31-23(30)17-10-13-20-19(14-17)25-26-27(20)4-2/h8-14H,3-7,15H2,1-2H3,(H,24,29). The van der Waals surface area contributed by atoms with E-state index in [0.717, 1.165) is 24.8 Å². The van der Waals surface area contributed by atoms with Crippen LogP contribution in [0.1, 0.15) is 60.2 Å². The number of fused-ring (bicyclic) bond motifs is 1. The summed E-state index contributed by atoms with van der Waals surface area (Å²) < 4.78 is 6.89. The Labute approximate surface area is 180 Å². The Balaban J connectivity index is 1.53. The van der Waals surface area contributed by atoms with Gasteiger partial charge in [-0.3, -0.25) is 9.59 Å². The number of esters is 1. The molecule has 8 nitrogen and oxygen atoms in total. The molecule has 0 aliphatic rings. The zero-order chi connectivity index (χ0) is 22.2. The van der Waals surface area contributed by atoms with Crippen molar-refractivity contribution >= 4 is 34.4 Å². The van der Waals surface area contributed by atoms with Crippen molar-refractivity contribution in [2.45, 2.75) is 46.1 Å². The van der Waals surface area contributed by atoms with Crippen LogP contribution in [0, 0.1) is 0 Å². The normalized spacial score (nSPS) is 10.8. The summed E-state index contributed by atoms with van der Waals surface area (Å²) in [5.41, 5.74) is 2.76. The summed E-state index contributed by atoms with van der Waals surface area (Å²) in [6.45, 7) is 4.34. The second-order valence-corrected chi connectivity index (χ2v) is 7.19. The smallest absolute Gasteiger partial charge is 0.338 e. The number of Topliss-reactive ketones (excluding diaryl/α,β-unsaturated/α-hetero) is 1. The highest BCUT2D eigenvalue weighted by atomic mass is 16.5. The van der Waals surface area contributed by atoms with Crippen LogP contribution in [0.15, 0.2) is 42.5 Å². The van der Waals surface area contributed by atoms with Crippen LogP contribution in [-0.4, -0.2) is 39.3 Å².